The summed E-state index contributed by atoms with van der Waals surface area (Å²) in [4.78, 5) is 19.8. The van der Waals surface area contributed by atoms with Gasteiger partial charge in [0.25, 0.3) is 0 Å². The molecule has 22 heavy (non-hydrogen) atoms. The van der Waals surface area contributed by atoms with Gasteiger partial charge in [0, 0.05) is 0 Å². The van der Waals surface area contributed by atoms with Crippen molar-refractivity contribution in [2.45, 2.75) is 0 Å². The predicted molar refractivity (Wildman–Crippen MR) is 78.0 cm³/mol. The maximum absolute atomic E-state index is 9.91. The lowest BCUT2D eigenvalue weighted by Gasteiger charge is -1.86. The first-order chi connectivity index (χ1) is 10.6. The number of carboxylic acid groups (broad SMARTS) is 2. The van der Waals surface area contributed by atoms with E-state index in [0.717, 1.165) is 0 Å². The molecule has 0 aromatic heterocycles. The van der Waals surface area contributed by atoms with Gasteiger partial charge >= 0.3 is 12.2 Å². The van der Waals surface area contributed by atoms with Crippen molar-refractivity contribution in [3.63, 3.8) is 0 Å². The molecule has 0 aliphatic heterocycles. The van der Waals surface area contributed by atoms with Crippen LogP contribution in [0.2, 0.25) is 0 Å². The van der Waals surface area contributed by atoms with E-state index in [4.69, 9.17) is 10.2 Å². The van der Waals surface area contributed by atoms with Gasteiger partial charge in [0.15, 0.2) is 0 Å². The van der Waals surface area contributed by atoms with E-state index in [2.05, 4.69) is 20.5 Å². The molecule has 0 saturated carbocycles. The molecule has 0 radical (unpaired) electrons. The van der Waals surface area contributed by atoms with Gasteiger partial charge in [0.1, 0.15) is 0 Å². The number of azo groups is 2. The lowest BCUT2D eigenvalue weighted by Crippen LogP contribution is -1.80. The van der Waals surface area contributed by atoms with E-state index in [9.17, 15) is 9.59 Å². The largest absolute Gasteiger partial charge is 0.462 e. The number of hydrogen-bond donors (Lipinski definition) is 2. The molecule has 0 atom stereocenters. The second kappa shape index (κ2) is 9.48. The lowest BCUT2D eigenvalue weighted by molar-refractivity contribution is 0.202. The first kappa shape index (κ1) is 16.6. The van der Waals surface area contributed by atoms with Crippen molar-refractivity contribution in [1.82, 2.24) is 0 Å². The molecule has 0 fully saturated rings. The highest BCUT2D eigenvalue weighted by Gasteiger charge is 1.89. The van der Waals surface area contributed by atoms with Crippen LogP contribution in [0, 0.1) is 0 Å². The Morgan fingerprint density at radius 3 is 1.23 bits per heavy atom. The van der Waals surface area contributed by atoms with E-state index in [1.165, 1.54) is 0 Å². The van der Waals surface area contributed by atoms with Crippen molar-refractivity contribution in [2.24, 2.45) is 20.5 Å². The van der Waals surface area contributed by atoms with E-state index in [-0.39, 0.29) is 0 Å². The summed E-state index contributed by atoms with van der Waals surface area (Å²) in [6.45, 7) is 0. The zero-order valence-corrected chi connectivity index (χ0v) is 11.3. The van der Waals surface area contributed by atoms with Gasteiger partial charge in [0.05, 0.1) is 11.4 Å². The number of hydrogen-bond acceptors (Lipinski definition) is 4. The summed E-state index contributed by atoms with van der Waals surface area (Å²) in [5, 5.41) is 29.0. The summed E-state index contributed by atoms with van der Waals surface area (Å²) >= 11 is 0. The third-order valence-corrected chi connectivity index (χ3v) is 2.01. The highest BCUT2D eigenvalue weighted by molar-refractivity contribution is 5.65. The van der Waals surface area contributed by atoms with Gasteiger partial charge in [-0.3, -0.25) is 0 Å². The van der Waals surface area contributed by atoms with Crippen molar-refractivity contribution >= 4 is 23.6 Å². The summed E-state index contributed by atoms with van der Waals surface area (Å²) in [5.41, 5.74) is 1.07. The molecule has 2 amide bonds. The van der Waals surface area contributed by atoms with Gasteiger partial charge < -0.3 is 10.2 Å². The van der Waals surface area contributed by atoms with Gasteiger partial charge in [-0.2, -0.15) is 0 Å². The minimum atomic E-state index is -1.28. The molecular formula is C14H12N4O4. The number of nitrogens with zero attached hydrogens (tertiary/aromatic N) is 4. The quantitative estimate of drug-likeness (QED) is 0.765. The van der Waals surface area contributed by atoms with Crippen LogP contribution in [0.3, 0.4) is 0 Å². The number of rotatable bonds is 2. The Bertz CT molecular complexity index is 598. The second-order valence-electron chi connectivity index (χ2n) is 3.64. The van der Waals surface area contributed by atoms with Crippen LogP contribution < -0.4 is 0 Å². The molecular weight excluding hydrogens is 288 g/mol. The topological polar surface area (TPSA) is 124 Å². The van der Waals surface area contributed by atoms with Crippen LogP contribution in [0.1, 0.15) is 0 Å². The minimum absolute atomic E-state index is 0.537. The maximum atomic E-state index is 9.91. The summed E-state index contributed by atoms with van der Waals surface area (Å²) in [6.07, 6.45) is -2.57. The fourth-order valence-corrected chi connectivity index (χ4v) is 1.19. The Morgan fingerprint density at radius 1 is 0.636 bits per heavy atom. The maximum Gasteiger partial charge on any atom is 0.449 e. The molecule has 2 aromatic rings. The molecule has 2 rings (SSSR count). The Morgan fingerprint density at radius 2 is 0.955 bits per heavy atom. The third-order valence-electron chi connectivity index (χ3n) is 2.01. The first-order valence-electron chi connectivity index (χ1n) is 5.97. The van der Waals surface area contributed by atoms with Crippen LogP contribution in [-0.2, 0) is 0 Å². The van der Waals surface area contributed by atoms with Crippen LogP contribution in [0.25, 0.3) is 0 Å². The van der Waals surface area contributed by atoms with Crippen LogP contribution in [0.5, 0.6) is 0 Å². The van der Waals surface area contributed by atoms with Gasteiger partial charge in [0.2, 0.25) is 0 Å². The van der Waals surface area contributed by atoms with Crippen LogP contribution >= 0.6 is 0 Å². The van der Waals surface area contributed by atoms with E-state index >= 15 is 0 Å². The van der Waals surface area contributed by atoms with Crippen molar-refractivity contribution in [3.8, 4) is 0 Å². The molecule has 0 spiro atoms. The zero-order valence-electron chi connectivity index (χ0n) is 11.3. The molecule has 112 valence electrons. The first-order valence-corrected chi connectivity index (χ1v) is 5.97. The zero-order chi connectivity index (χ0) is 16.2. The smallest absolute Gasteiger partial charge is 0.449 e. The molecule has 2 N–H and O–H groups in total. The molecule has 0 unspecified atom stereocenters. The average molecular weight is 300 g/mol. The van der Waals surface area contributed by atoms with Crippen molar-refractivity contribution in [1.29, 1.82) is 0 Å². The fourth-order valence-electron chi connectivity index (χ4n) is 1.19. The van der Waals surface area contributed by atoms with Crippen molar-refractivity contribution < 1.29 is 19.8 Å². The molecule has 0 bridgehead atoms. The number of carbonyl (C=O) groups is 2. The molecule has 2 aromatic carbocycles. The summed E-state index contributed by atoms with van der Waals surface area (Å²) < 4.78 is 0. The Kier molecular flexibility index (Phi) is 7.17. The summed E-state index contributed by atoms with van der Waals surface area (Å²) in [6, 6.07) is 17.4. The highest BCUT2D eigenvalue weighted by atomic mass is 16.4. The van der Waals surface area contributed by atoms with E-state index in [1.807, 2.05) is 12.1 Å². The van der Waals surface area contributed by atoms with Gasteiger partial charge in [-0.05, 0) is 24.3 Å². The third kappa shape index (κ3) is 7.89. The summed E-state index contributed by atoms with van der Waals surface area (Å²) in [7, 11) is 0. The predicted octanol–water partition coefficient (Wildman–Crippen LogP) is 4.90. The van der Waals surface area contributed by atoms with E-state index in [1.54, 1.807) is 48.5 Å². The second-order valence-corrected chi connectivity index (χ2v) is 3.64. The Balaban J connectivity index is 0.000000220. The molecule has 0 aliphatic carbocycles. The van der Waals surface area contributed by atoms with E-state index < -0.39 is 12.2 Å². The minimum Gasteiger partial charge on any atom is -0.462 e. The van der Waals surface area contributed by atoms with Crippen LogP contribution in [0.15, 0.2) is 81.1 Å². The molecule has 8 nitrogen and oxygen atoms in total. The molecule has 0 saturated heterocycles. The monoisotopic (exact) mass is 300 g/mol. The van der Waals surface area contributed by atoms with Crippen LogP contribution in [0.4, 0.5) is 21.0 Å². The van der Waals surface area contributed by atoms with Gasteiger partial charge in [-0.1, -0.05) is 46.6 Å². The van der Waals surface area contributed by atoms with Gasteiger partial charge in [-0.15, -0.1) is 10.2 Å². The SMILES string of the molecule is O=C(O)N=Nc1ccccc1.O=C(O)N=Nc1ccccc1. The van der Waals surface area contributed by atoms with Crippen LogP contribution in [-0.4, -0.2) is 22.4 Å². The molecule has 0 heterocycles. The Hall–Kier alpha value is -3.42. The van der Waals surface area contributed by atoms with Gasteiger partial charge in [-0.25, -0.2) is 9.59 Å². The summed E-state index contributed by atoms with van der Waals surface area (Å²) in [5.74, 6) is 0. The standard InChI is InChI=1S/2C7H6N2O2/c2*10-7(11)9-8-6-4-2-1-3-5-6/h2*1-5H,(H,10,11). The fraction of sp³-hybridized carbons (Fsp3) is 0. The lowest BCUT2D eigenvalue weighted by atomic mass is 10.3. The average Bonchev–Trinajstić information content (AvgIpc) is 2.53. The number of benzene rings is 2. The van der Waals surface area contributed by atoms with E-state index in [0.29, 0.717) is 11.4 Å². The highest BCUT2D eigenvalue weighted by Crippen LogP contribution is 2.10. The molecule has 0 aliphatic rings. The van der Waals surface area contributed by atoms with Crippen molar-refractivity contribution in [2.75, 3.05) is 0 Å². The number of amides is 2. The Labute approximate surface area is 125 Å². The van der Waals surface area contributed by atoms with Crippen molar-refractivity contribution in [3.05, 3.63) is 60.7 Å². The molecule has 8 heteroatoms. The normalized spacial score (nSPS) is 10.2.